The predicted molar refractivity (Wildman–Crippen MR) is 143 cm³/mol. The van der Waals surface area contributed by atoms with Gasteiger partial charge in [-0.1, -0.05) is 0 Å². The van der Waals surface area contributed by atoms with Gasteiger partial charge in [0.05, 0.1) is 10.7 Å². The topological polar surface area (TPSA) is 133 Å². The maximum absolute atomic E-state index is 14.0. The van der Waals surface area contributed by atoms with Crippen molar-refractivity contribution in [3.05, 3.63) is 0 Å². The second-order valence-electron chi connectivity index (χ2n) is 12.8. The summed E-state index contributed by atoms with van der Waals surface area (Å²) in [4.78, 5) is 35.9. The Kier molecular flexibility index (Phi) is 10.9. The maximum Gasteiger partial charge on any atom is 0.465 e. The summed E-state index contributed by atoms with van der Waals surface area (Å²) in [6.07, 6.45) is -14.5. The van der Waals surface area contributed by atoms with Crippen molar-refractivity contribution in [2.45, 2.75) is 88.3 Å². The van der Waals surface area contributed by atoms with Crippen LogP contribution in [0, 0.1) is 23.7 Å². The van der Waals surface area contributed by atoms with Crippen LogP contribution in [-0.4, -0.2) is 106 Å². The minimum atomic E-state index is -7.00. The molecule has 4 atom stereocenters. The Balaban J connectivity index is 1.60. The quantitative estimate of drug-likeness (QED) is 0.106. The summed E-state index contributed by atoms with van der Waals surface area (Å²) < 4.78 is 256. The van der Waals surface area contributed by atoms with Crippen molar-refractivity contribution in [1.29, 1.82) is 0 Å². The van der Waals surface area contributed by atoms with Gasteiger partial charge in [0.25, 0.3) is 0 Å². The Morgan fingerprint density at radius 1 is 0.679 bits per heavy atom. The molecule has 306 valence electrons. The molecule has 5 fully saturated rings. The van der Waals surface area contributed by atoms with Crippen LogP contribution in [-0.2, 0) is 38.7 Å². The molecule has 1 aliphatic heterocycles. The Labute approximate surface area is 294 Å². The van der Waals surface area contributed by atoms with Gasteiger partial charge < -0.3 is 14.2 Å². The first-order valence-corrected chi connectivity index (χ1v) is 17.8. The zero-order valence-corrected chi connectivity index (χ0v) is 28.0. The number of rotatable bonds is 11. The van der Waals surface area contributed by atoms with Gasteiger partial charge in [0, 0.05) is 16.9 Å². The van der Waals surface area contributed by atoms with Crippen molar-refractivity contribution < 1.29 is 112 Å². The molecule has 1 saturated heterocycles. The van der Waals surface area contributed by atoms with Crippen LogP contribution in [0.25, 0.3) is 0 Å². The van der Waals surface area contributed by atoms with E-state index in [0.717, 1.165) is 11.8 Å². The van der Waals surface area contributed by atoms with Crippen molar-refractivity contribution in [3.8, 4) is 0 Å². The summed E-state index contributed by atoms with van der Waals surface area (Å²) >= 11 is 1.37. The first kappa shape index (κ1) is 43.6. The Hall–Kier alpha value is -2.10. The third-order valence-corrected chi connectivity index (χ3v) is 14.4. The Morgan fingerprint density at radius 3 is 1.53 bits per heavy atom. The average molecular weight is 867 g/mol. The van der Waals surface area contributed by atoms with Crippen LogP contribution < -0.4 is 0 Å². The number of ether oxygens (including phenoxy) is 3. The lowest BCUT2D eigenvalue weighted by Gasteiger charge is -2.65. The Bertz CT molecular complexity index is 1570. The zero-order valence-electron chi connectivity index (χ0n) is 25.5. The molecule has 5 rings (SSSR count). The highest BCUT2D eigenvalue weighted by Gasteiger charge is 2.78. The largest absolute Gasteiger partial charge is 0.465 e. The molecule has 28 heteroatoms. The SMILES string of the molecule is O=C(OCC1CSC2(SC1COC(=O)C(F)(F)C(F)(F)C(F)(F)F)C1CC3CC2CC(OC(=O)C(F)(F)S(=O)(=O)O)(C3)C1)C(F)(F)C(F)(F)C(F)(F)F. The minimum Gasteiger partial charge on any atom is -0.461 e. The lowest BCUT2D eigenvalue weighted by Crippen LogP contribution is -2.64. The molecule has 1 heterocycles. The number of esters is 3. The zero-order chi connectivity index (χ0) is 40.8. The van der Waals surface area contributed by atoms with Crippen molar-refractivity contribution in [3.63, 3.8) is 0 Å². The number of thioether (sulfide) groups is 2. The molecule has 4 unspecified atom stereocenters. The van der Waals surface area contributed by atoms with Gasteiger partial charge in [-0.3, -0.25) is 4.55 Å². The fraction of sp³-hybridized carbons (Fsp3) is 0.880. The summed E-state index contributed by atoms with van der Waals surface area (Å²) in [5.74, 6) is -40.9. The van der Waals surface area contributed by atoms with Crippen LogP contribution in [0.3, 0.4) is 0 Å². The Morgan fingerprint density at radius 2 is 1.11 bits per heavy atom. The van der Waals surface area contributed by atoms with E-state index in [1.807, 2.05) is 0 Å². The molecular formula is C25H22F16O9S3. The van der Waals surface area contributed by atoms with Crippen LogP contribution >= 0.6 is 23.5 Å². The van der Waals surface area contributed by atoms with Gasteiger partial charge >= 0.3 is 69.3 Å². The minimum absolute atomic E-state index is 0.0996. The molecule has 5 aliphatic rings. The van der Waals surface area contributed by atoms with Gasteiger partial charge in [-0.15, -0.1) is 23.5 Å². The number of hydrogen-bond acceptors (Lipinski definition) is 10. The number of hydrogen-bond donors (Lipinski definition) is 1. The van der Waals surface area contributed by atoms with E-state index in [9.17, 15) is 93.0 Å². The number of carbonyl (C=O) groups is 3. The number of carbonyl (C=O) groups excluding carboxylic acids is 3. The van der Waals surface area contributed by atoms with Crippen molar-refractivity contribution in [2.24, 2.45) is 23.7 Å². The van der Waals surface area contributed by atoms with Gasteiger partial charge in [-0.2, -0.15) is 78.7 Å². The number of halogens is 16. The molecule has 4 aliphatic carbocycles. The second-order valence-corrected chi connectivity index (χ2v) is 17.4. The molecule has 1 N–H and O–H groups in total. The summed E-state index contributed by atoms with van der Waals surface area (Å²) in [7, 11) is -6.30. The fourth-order valence-electron chi connectivity index (χ4n) is 6.94. The first-order valence-electron chi connectivity index (χ1n) is 14.5. The normalized spacial score (nSPS) is 31.4. The molecule has 0 radical (unpaired) electrons. The molecule has 4 bridgehead atoms. The lowest BCUT2D eigenvalue weighted by atomic mass is 9.53. The highest BCUT2D eigenvalue weighted by molar-refractivity contribution is 8.19. The van der Waals surface area contributed by atoms with Crippen molar-refractivity contribution >= 4 is 51.5 Å². The van der Waals surface area contributed by atoms with Crippen LogP contribution in [0.1, 0.15) is 32.1 Å². The molecule has 0 aromatic rings. The third kappa shape index (κ3) is 7.22. The highest BCUT2D eigenvalue weighted by Crippen LogP contribution is 2.71. The van der Waals surface area contributed by atoms with Gasteiger partial charge in [0.15, 0.2) is 0 Å². The second kappa shape index (κ2) is 13.2. The standard InChI is InChI=1S/C25H22F16O9S3/c26-19(27,22(32,33)24(36,37)38)14(42)48-6-10-8-51-18(52-13(10)7-49-15(43)20(28,29)23(34,35)25(39,40)41)11-1-9-2-12(18)5-17(3-9,4-11)50-16(44)21(30,31)53(45,46)47/h9-13H,1-8H2,(H,45,46,47). The van der Waals surface area contributed by atoms with E-state index in [1.165, 1.54) is 0 Å². The molecule has 53 heavy (non-hydrogen) atoms. The van der Waals surface area contributed by atoms with E-state index >= 15 is 0 Å². The van der Waals surface area contributed by atoms with E-state index in [0.29, 0.717) is 11.8 Å². The lowest BCUT2D eigenvalue weighted by molar-refractivity contribution is -0.348. The van der Waals surface area contributed by atoms with E-state index in [4.69, 9.17) is 9.29 Å². The molecule has 0 amide bonds. The van der Waals surface area contributed by atoms with Gasteiger partial charge in [-0.05, 0) is 49.9 Å². The molecule has 9 nitrogen and oxygen atoms in total. The first-order chi connectivity index (χ1) is 23.6. The highest BCUT2D eigenvalue weighted by atomic mass is 32.2. The van der Waals surface area contributed by atoms with Crippen LogP contribution in [0.15, 0.2) is 0 Å². The summed E-state index contributed by atoms with van der Waals surface area (Å²) in [5.41, 5.74) is -1.79. The molecular weight excluding hydrogens is 844 g/mol. The van der Waals surface area contributed by atoms with Crippen molar-refractivity contribution in [1.82, 2.24) is 0 Å². The van der Waals surface area contributed by atoms with E-state index < -0.39 is 127 Å². The van der Waals surface area contributed by atoms with Crippen molar-refractivity contribution in [2.75, 3.05) is 19.0 Å². The van der Waals surface area contributed by atoms with Crippen LogP contribution in [0.2, 0.25) is 0 Å². The van der Waals surface area contributed by atoms with Gasteiger partial charge in [0.2, 0.25) is 0 Å². The third-order valence-electron chi connectivity index (χ3n) is 9.35. The maximum atomic E-state index is 14.0. The summed E-state index contributed by atoms with van der Waals surface area (Å²) in [5, 5.41) is -7.17. The molecule has 1 spiro atoms. The molecule has 4 saturated carbocycles. The van der Waals surface area contributed by atoms with E-state index in [1.54, 1.807) is 0 Å². The van der Waals surface area contributed by atoms with E-state index in [-0.39, 0.29) is 32.1 Å². The monoisotopic (exact) mass is 866 g/mol. The van der Waals surface area contributed by atoms with Crippen LogP contribution in [0.4, 0.5) is 70.2 Å². The molecule has 0 aromatic heterocycles. The van der Waals surface area contributed by atoms with Crippen LogP contribution in [0.5, 0.6) is 0 Å². The van der Waals surface area contributed by atoms with E-state index in [2.05, 4.69) is 9.47 Å². The predicted octanol–water partition coefficient (Wildman–Crippen LogP) is 6.50. The fourth-order valence-corrected chi connectivity index (χ4v) is 11.5. The number of alkyl halides is 16. The van der Waals surface area contributed by atoms with Gasteiger partial charge in [0.1, 0.15) is 12.2 Å². The smallest absolute Gasteiger partial charge is 0.461 e. The summed E-state index contributed by atoms with van der Waals surface area (Å²) in [6, 6.07) is 0. The summed E-state index contributed by atoms with van der Waals surface area (Å²) in [6.45, 7) is -3.16. The van der Waals surface area contributed by atoms with Gasteiger partial charge in [-0.25, -0.2) is 14.4 Å². The average Bonchev–Trinajstić information content (AvgIpc) is 2.99. The molecule has 0 aromatic carbocycles.